The maximum absolute atomic E-state index is 11.4. The van der Waals surface area contributed by atoms with Gasteiger partial charge in [-0.05, 0) is 36.2 Å². The van der Waals surface area contributed by atoms with Gasteiger partial charge in [0.05, 0.1) is 0 Å². The van der Waals surface area contributed by atoms with Gasteiger partial charge in [0.1, 0.15) is 11.3 Å². The van der Waals surface area contributed by atoms with Gasteiger partial charge in [-0.15, -0.1) is 0 Å². The molecule has 3 rings (SSSR count). The number of hydrogen-bond acceptors (Lipinski definition) is 4. The zero-order valence-corrected chi connectivity index (χ0v) is 11.8. The van der Waals surface area contributed by atoms with Crippen molar-refractivity contribution in [3.8, 4) is 0 Å². The van der Waals surface area contributed by atoms with Crippen LogP contribution < -0.4 is 4.90 Å². The van der Waals surface area contributed by atoms with Crippen LogP contribution in [0.4, 0.5) is 5.82 Å². The molecular weight excluding hydrogens is 264 g/mol. The quantitative estimate of drug-likeness (QED) is 0.672. The number of pyridine rings is 2. The van der Waals surface area contributed by atoms with E-state index in [1.54, 1.807) is 12.4 Å². The predicted molar refractivity (Wildman–Crippen MR) is 81.8 cm³/mol. The first-order valence-electron chi connectivity index (χ1n) is 6.82. The summed E-state index contributed by atoms with van der Waals surface area (Å²) in [5.74, 6) is 0.713. The Bertz CT molecular complexity index is 751. The highest BCUT2D eigenvalue weighted by Crippen LogP contribution is 2.19. The molecule has 0 amide bonds. The highest BCUT2D eigenvalue weighted by atomic mass is 16.1. The molecule has 3 heterocycles. The lowest BCUT2D eigenvalue weighted by molar-refractivity contribution is 0.111. The number of imidazole rings is 1. The molecule has 0 saturated carbocycles. The Morgan fingerprint density at radius 3 is 2.81 bits per heavy atom. The minimum Gasteiger partial charge on any atom is -0.357 e. The first kappa shape index (κ1) is 13.3. The Hall–Kier alpha value is -2.69. The van der Waals surface area contributed by atoms with E-state index < -0.39 is 0 Å². The fourth-order valence-corrected chi connectivity index (χ4v) is 2.34. The average Bonchev–Trinajstić information content (AvgIpc) is 2.92. The summed E-state index contributed by atoms with van der Waals surface area (Å²) in [6.45, 7) is 0.786. The lowest BCUT2D eigenvalue weighted by Crippen LogP contribution is -2.22. The standard InChI is InChI=1S/C16H16N4O/c1-19(11-7-13-5-8-17-9-6-13)16-14(12-21)20-10-3-2-4-15(20)18-16/h2-6,8-10,12H,7,11H2,1H3. The third-order valence-corrected chi connectivity index (χ3v) is 3.51. The van der Waals surface area contributed by atoms with Crippen LogP contribution in [0.1, 0.15) is 16.1 Å². The molecule has 0 aliphatic carbocycles. The Balaban J connectivity index is 1.84. The third kappa shape index (κ3) is 2.63. The maximum Gasteiger partial charge on any atom is 0.170 e. The van der Waals surface area contributed by atoms with Gasteiger partial charge in [-0.3, -0.25) is 14.2 Å². The summed E-state index contributed by atoms with van der Waals surface area (Å²) in [7, 11) is 1.95. The first-order valence-corrected chi connectivity index (χ1v) is 6.82. The van der Waals surface area contributed by atoms with Crippen LogP contribution >= 0.6 is 0 Å². The second kappa shape index (κ2) is 5.75. The Labute approximate surface area is 122 Å². The molecule has 0 saturated heterocycles. The van der Waals surface area contributed by atoms with Crippen molar-refractivity contribution in [3.63, 3.8) is 0 Å². The number of hydrogen-bond donors (Lipinski definition) is 0. The van der Waals surface area contributed by atoms with E-state index in [0.29, 0.717) is 11.5 Å². The lowest BCUT2D eigenvalue weighted by atomic mass is 10.2. The van der Waals surface area contributed by atoms with Crippen LogP contribution in [0.5, 0.6) is 0 Å². The van der Waals surface area contributed by atoms with Crippen LogP contribution in [-0.4, -0.2) is 34.2 Å². The molecule has 0 aliphatic rings. The number of rotatable bonds is 5. The summed E-state index contributed by atoms with van der Waals surface area (Å²) in [6, 6.07) is 9.70. The zero-order chi connectivity index (χ0) is 14.7. The molecule has 0 aromatic carbocycles. The molecule has 0 atom stereocenters. The molecular formula is C16H16N4O. The first-order chi connectivity index (χ1) is 10.3. The number of nitrogens with zero attached hydrogens (tertiary/aromatic N) is 4. The van der Waals surface area contributed by atoms with Crippen molar-refractivity contribution in [1.82, 2.24) is 14.4 Å². The largest absolute Gasteiger partial charge is 0.357 e. The van der Waals surface area contributed by atoms with Gasteiger partial charge in [0, 0.05) is 32.2 Å². The monoisotopic (exact) mass is 280 g/mol. The van der Waals surface area contributed by atoms with Gasteiger partial charge in [0.25, 0.3) is 0 Å². The molecule has 106 valence electrons. The zero-order valence-electron chi connectivity index (χ0n) is 11.8. The highest BCUT2D eigenvalue weighted by molar-refractivity contribution is 5.83. The van der Waals surface area contributed by atoms with Crippen LogP contribution in [0.15, 0.2) is 48.9 Å². The van der Waals surface area contributed by atoms with Gasteiger partial charge < -0.3 is 4.90 Å². The van der Waals surface area contributed by atoms with E-state index in [2.05, 4.69) is 9.97 Å². The number of anilines is 1. The molecule has 0 radical (unpaired) electrons. The molecule has 0 fully saturated rings. The minimum atomic E-state index is 0.586. The fourth-order valence-electron chi connectivity index (χ4n) is 2.34. The highest BCUT2D eigenvalue weighted by Gasteiger charge is 2.14. The van der Waals surface area contributed by atoms with Gasteiger partial charge in [-0.1, -0.05) is 6.07 Å². The number of carbonyl (C=O) groups excluding carboxylic acids is 1. The van der Waals surface area contributed by atoms with Crippen molar-refractivity contribution in [2.24, 2.45) is 0 Å². The normalized spacial score (nSPS) is 10.7. The van der Waals surface area contributed by atoms with Crippen molar-refractivity contribution in [2.45, 2.75) is 6.42 Å². The second-order valence-corrected chi connectivity index (χ2v) is 4.89. The van der Waals surface area contributed by atoms with E-state index in [9.17, 15) is 4.79 Å². The molecule has 3 aromatic rings. The van der Waals surface area contributed by atoms with Gasteiger partial charge in [0.15, 0.2) is 12.1 Å². The van der Waals surface area contributed by atoms with E-state index in [0.717, 1.165) is 24.9 Å². The summed E-state index contributed by atoms with van der Waals surface area (Å²) in [6.07, 6.45) is 7.17. The Morgan fingerprint density at radius 1 is 1.24 bits per heavy atom. The van der Waals surface area contributed by atoms with Crippen molar-refractivity contribution in [3.05, 3.63) is 60.2 Å². The fraction of sp³-hybridized carbons (Fsp3) is 0.188. The number of aldehydes is 1. The van der Waals surface area contributed by atoms with Crippen molar-refractivity contribution in [2.75, 3.05) is 18.5 Å². The summed E-state index contributed by atoms with van der Waals surface area (Å²) in [4.78, 5) is 21.9. The van der Waals surface area contributed by atoms with Crippen LogP contribution in [0, 0.1) is 0 Å². The molecule has 0 N–H and O–H groups in total. The van der Waals surface area contributed by atoms with E-state index in [4.69, 9.17) is 0 Å². The maximum atomic E-state index is 11.4. The van der Waals surface area contributed by atoms with Crippen molar-refractivity contribution < 1.29 is 4.79 Å². The van der Waals surface area contributed by atoms with Crippen LogP contribution in [0.25, 0.3) is 5.65 Å². The molecule has 0 aliphatic heterocycles. The number of carbonyl (C=O) groups is 1. The second-order valence-electron chi connectivity index (χ2n) is 4.89. The van der Waals surface area contributed by atoms with Crippen LogP contribution in [0.3, 0.4) is 0 Å². The SMILES string of the molecule is CN(CCc1ccncc1)c1nc2ccccn2c1C=O. The third-order valence-electron chi connectivity index (χ3n) is 3.51. The topological polar surface area (TPSA) is 50.5 Å². The van der Waals surface area contributed by atoms with Crippen LogP contribution in [-0.2, 0) is 6.42 Å². The lowest BCUT2D eigenvalue weighted by Gasteiger charge is -2.16. The van der Waals surface area contributed by atoms with Gasteiger partial charge >= 0.3 is 0 Å². The summed E-state index contributed by atoms with van der Waals surface area (Å²) < 4.78 is 1.81. The van der Waals surface area contributed by atoms with E-state index in [-0.39, 0.29) is 0 Å². The van der Waals surface area contributed by atoms with Crippen molar-refractivity contribution in [1.29, 1.82) is 0 Å². The summed E-state index contributed by atoms with van der Waals surface area (Å²) in [5, 5.41) is 0. The summed E-state index contributed by atoms with van der Waals surface area (Å²) >= 11 is 0. The van der Waals surface area contributed by atoms with Gasteiger partial charge in [-0.2, -0.15) is 0 Å². The van der Waals surface area contributed by atoms with Gasteiger partial charge in [-0.25, -0.2) is 4.98 Å². The smallest absolute Gasteiger partial charge is 0.170 e. The van der Waals surface area contributed by atoms with Gasteiger partial charge in [0.2, 0.25) is 0 Å². The molecule has 0 unspecified atom stereocenters. The Morgan fingerprint density at radius 2 is 2.05 bits per heavy atom. The van der Waals surface area contributed by atoms with E-state index in [1.807, 2.05) is 52.9 Å². The molecule has 21 heavy (non-hydrogen) atoms. The average molecular weight is 280 g/mol. The number of fused-ring (bicyclic) bond motifs is 1. The van der Waals surface area contributed by atoms with E-state index >= 15 is 0 Å². The number of likely N-dealkylation sites (N-methyl/N-ethyl adjacent to an activating group) is 1. The number of aromatic nitrogens is 3. The predicted octanol–water partition coefficient (Wildman–Crippen LogP) is 2.22. The van der Waals surface area contributed by atoms with Crippen LogP contribution in [0.2, 0.25) is 0 Å². The molecule has 5 nitrogen and oxygen atoms in total. The van der Waals surface area contributed by atoms with E-state index in [1.165, 1.54) is 5.56 Å². The molecule has 0 spiro atoms. The molecule has 0 bridgehead atoms. The molecule has 3 aromatic heterocycles. The van der Waals surface area contributed by atoms with Crippen molar-refractivity contribution >= 4 is 17.8 Å². The molecule has 5 heteroatoms. The Kier molecular flexibility index (Phi) is 3.64. The minimum absolute atomic E-state index is 0.586. The summed E-state index contributed by atoms with van der Waals surface area (Å²) in [5.41, 5.74) is 2.58.